The molecule has 0 radical (unpaired) electrons. The van der Waals surface area contributed by atoms with Crippen molar-refractivity contribution >= 4 is 5.97 Å². The lowest BCUT2D eigenvalue weighted by molar-refractivity contribution is -0.255. The van der Waals surface area contributed by atoms with Crippen molar-refractivity contribution in [1.82, 2.24) is 4.90 Å². The second-order valence-corrected chi connectivity index (χ2v) is 9.13. The van der Waals surface area contributed by atoms with Gasteiger partial charge >= 0.3 is 5.97 Å². The number of carbonyl (C=O) groups is 1. The second kappa shape index (κ2) is 5.65. The minimum atomic E-state index is -0.673. The molecule has 29 heavy (non-hydrogen) atoms. The van der Waals surface area contributed by atoms with E-state index in [2.05, 4.69) is 24.0 Å². The molecule has 6 unspecified atom stereocenters. The average molecular weight is 401 g/mol. The number of cyclic esters (lactones) is 1. The van der Waals surface area contributed by atoms with Gasteiger partial charge < -0.3 is 24.1 Å². The molecular weight excluding hydrogens is 374 g/mol. The van der Waals surface area contributed by atoms with Gasteiger partial charge in [-0.3, -0.25) is 4.90 Å². The molecule has 0 saturated carbocycles. The zero-order chi connectivity index (χ0) is 20.1. The summed E-state index contributed by atoms with van der Waals surface area (Å²) in [4.78, 5) is 14.8. The smallest absolute Gasteiger partial charge is 0.343 e. The van der Waals surface area contributed by atoms with Crippen LogP contribution in [0.3, 0.4) is 0 Å². The molecule has 6 rings (SSSR count). The van der Waals surface area contributed by atoms with Crippen LogP contribution in [0.5, 0.6) is 0 Å². The fourth-order valence-electron chi connectivity index (χ4n) is 7.26. The van der Waals surface area contributed by atoms with Crippen molar-refractivity contribution in [3.05, 3.63) is 35.0 Å². The topological polar surface area (TPSA) is 77.5 Å². The minimum Gasteiger partial charge on any atom is -0.492 e. The Morgan fingerprint density at radius 2 is 2.24 bits per heavy atom. The Morgan fingerprint density at radius 3 is 3.00 bits per heavy atom. The highest BCUT2D eigenvalue weighted by Gasteiger charge is 2.83. The van der Waals surface area contributed by atoms with Gasteiger partial charge in [0, 0.05) is 25.1 Å². The normalized spacial score (nSPS) is 51.4. The quantitative estimate of drug-likeness (QED) is 0.569. The van der Waals surface area contributed by atoms with Crippen LogP contribution >= 0.6 is 0 Å². The number of rotatable bonds is 4. The first kappa shape index (κ1) is 18.0. The molecule has 0 aliphatic carbocycles. The van der Waals surface area contributed by atoms with Crippen LogP contribution in [0.1, 0.15) is 33.1 Å². The van der Waals surface area contributed by atoms with Gasteiger partial charge in [0.1, 0.15) is 5.76 Å². The number of fused-ring (bicyclic) bond motifs is 1. The van der Waals surface area contributed by atoms with E-state index < -0.39 is 5.79 Å². The Bertz CT molecular complexity index is 892. The Morgan fingerprint density at radius 1 is 1.41 bits per heavy atom. The standard InChI is InChI=1S/C22H27NO6/c1-11-16-13-10-15-21(7-4-5-9-24)14(6-8-23(13)21)22(16,28-15)29-18(11)19-17(26-3)12(2)20(25)27-19/h4,7,11,13-16,24H,5-6,8-10H2,1-3H3/b7-4+,19-18-/t11-,13?,14?,15?,16?,21?,22-/m1/s1. The number of allylic oxidation sites excluding steroid dienone is 1. The Labute approximate surface area is 169 Å². The number of esters is 1. The number of aliphatic hydroxyl groups excluding tert-OH is 1. The van der Waals surface area contributed by atoms with E-state index >= 15 is 0 Å². The van der Waals surface area contributed by atoms with E-state index in [4.69, 9.17) is 18.9 Å². The fraction of sp³-hybridized carbons (Fsp3) is 0.682. The first-order chi connectivity index (χ1) is 14.0. The van der Waals surface area contributed by atoms with Crippen molar-refractivity contribution in [3.63, 3.8) is 0 Å². The van der Waals surface area contributed by atoms with Gasteiger partial charge in [0.05, 0.1) is 36.2 Å². The molecule has 156 valence electrons. The summed E-state index contributed by atoms with van der Waals surface area (Å²) < 4.78 is 24.5. The van der Waals surface area contributed by atoms with Gasteiger partial charge in [0.15, 0.2) is 5.76 Å². The summed E-state index contributed by atoms with van der Waals surface area (Å²) >= 11 is 0. The maximum Gasteiger partial charge on any atom is 0.343 e. The number of hydrogen-bond donors (Lipinski definition) is 1. The van der Waals surface area contributed by atoms with E-state index in [-0.39, 0.29) is 42.0 Å². The minimum absolute atomic E-state index is 0.0698. The third-order valence-electron chi connectivity index (χ3n) is 8.16. The maximum absolute atomic E-state index is 12.2. The van der Waals surface area contributed by atoms with E-state index in [1.807, 2.05) is 0 Å². The number of aliphatic hydroxyl groups is 1. The van der Waals surface area contributed by atoms with Gasteiger partial charge in [-0.1, -0.05) is 19.1 Å². The highest BCUT2D eigenvalue weighted by molar-refractivity contribution is 5.93. The van der Waals surface area contributed by atoms with Crippen LogP contribution < -0.4 is 0 Å². The molecule has 6 heterocycles. The zero-order valence-electron chi connectivity index (χ0n) is 17.0. The molecule has 5 bridgehead atoms. The Kier molecular flexibility index (Phi) is 3.50. The molecule has 1 N–H and O–H groups in total. The summed E-state index contributed by atoms with van der Waals surface area (Å²) in [6, 6.07) is 0.382. The number of methoxy groups -OCH3 is 1. The lowest BCUT2D eigenvalue weighted by atomic mass is 9.71. The number of ether oxygens (including phenoxy) is 4. The van der Waals surface area contributed by atoms with Crippen LogP contribution in [0, 0.1) is 17.8 Å². The Hall–Kier alpha value is -1.83. The van der Waals surface area contributed by atoms with Crippen LogP contribution in [0.15, 0.2) is 35.0 Å². The molecule has 8 atom stereocenters. The zero-order valence-corrected chi connectivity index (χ0v) is 17.0. The summed E-state index contributed by atoms with van der Waals surface area (Å²) in [5.41, 5.74) is 0.333. The largest absolute Gasteiger partial charge is 0.492 e. The average Bonchev–Trinajstić information content (AvgIpc) is 3.40. The van der Waals surface area contributed by atoms with Gasteiger partial charge in [0.2, 0.25) is 11.5 Å². The van der Waals surface area contributed by atoms with E-state index in [0.717, 1.165) is 19.4 Å². The number of nitrogens with zero attached hydrogens (tertiary/aromatic N) is 1. The third kappa shape index (κ3) is 1.84. The first-order valence-corrected chi connectivity index (χ1v) is 10.6. The van der Waals surface area contributed by atoms with Gasteiger partial charge in [-0.05, 0) is 26.2 Å². The SMILES string of the molecule is COC1=C(C)C(=O)O/C1=C1\O[C@@]23OC4CC(C2[C@H]1C)N1CCC3C41/C=C/CCO. The predicted octanol–water partition coefficient (Wildman–Crippen LogP) is 1.84. The molecule has 5 saturated heterocycles. The van der Waals surface area contributed by atoms with Gasteiger partial charge in [0.25, 0.3) is 0 Å². The monoisotopic (exact) mass is 401 g/mol. The maximum atomic E-state index is 12.2. The molecule has 6 aliphatic rings. The van der Waals surface area contributed by atoms with Crippen molar-refractivity contribution < 1.29 is 28.8 Å². The van der Waals surface area contributed by atoms with Crippen molar-refractivity contribution in [3.8, 4) is 0 Å². The summed E-state index contributed by atoms with van der Waals surface area (Å²) in [6.07, 6.45) is 7.14. The molecular formula is C22H27NO6. The van der Waals surface area contributed by atoms with Crippen LogP contribution in [0.2, 0.25) is 0 Å². The summed E-state index contributed by atoms with van der Waals surface area (Å²) in [6.45, 7) is 5.07. The predicted molar refractivity (Wildman–Crippen MR) is 101 cm³/mol. The van der Waals surface area contributed by atoms with Crippen molar-refractivity contribution in [2.24, 2.45) is 17.8 Å². The molecule has 0 aromatic carbocycles. The second-order valence-electron chi connectivity index (χ2n) is 9.13. The van der Waals surface area contributed by atoms with Crippen molar-refractivity contribution in [2.75, 3.05) is 20.3 Å². The number of piperidine rings is 1. The summed E-state index contributed by atoms with van der Waals surface area (Å²) in [5.74, 6) is 1.03. The summed E-state index contributed by atoms with van der Waals surface area (Å²) in [7, 11) is 1.56. The fourth-order valence-corrected chi connectivity index (χ4v) is 7.26. The van der Waals surface area contributed by atoms with E-state index in [1.54, 1.807) is 14.0 Å². The number of hydrogen-bond acceptors (Lipinski definition) is 7. The van der Waals surface area contributed by atoms with E-state index in [0.29, 0.717) is 35.3 Å². The molecule has 7 heteroatoms. The van der Waals surface area contributed by atoms with Gasteiger partial charge in [-0.25, -0.2) is 4.79 Å². The van der Waals surface area contributed by atoms with Crippen molar-refractivity contribution in [2.45, 2.75) is 56.6 Å². The highest BCUT2D eigenvalue weighted by Crippen LogP contribution is 2.72. The molecule has 0 amide bonds. The molecule has 0 aromatic rings. The number of carbonyl (C=O) groups excluding carboxylic acids is 1. The van der Waals surface area contributed by atoms with Crippen LogP contribution in [-0.4, -0.2) is 59.7 Å². The van der Waals surface area contributed by atoms with Crippen LogP contribution in [0.25, 0.3) is 0 Å². The lowest BCUT2D eigenvalue weighted by Crippen LogP contribution is -2.60. The lowest BCUT2D eigenvalue weighted by Gasteiger charge is -2.47. The van der Waals surface area contributed by atoms with Gasteiger partial charge in [-0.15, -0.1) is 0 Å². The highest BCUT2D eigenvalue weighted by atomic mass is 16.7. The molecule has 6 aliphatic heterocycles. The first-order valence-electron chi connectivity index (χ1n) is 10.6. The van der Waals surface area contributed by atoms with Crippen molar-refractivity contribution in [1.29, 1.82) is 0 Å². The molecule has 5 fully saturated rings. The van der Waals surface area contributed by atoms with E-state index in [9.17, 15) is 9.90 Å². The molecule has 7 nitrogen and oxygen atoms in total. The molecule has 1 spiro atoms. The van der Waals surface area contributed by atoms with Crippen LogP contribution in [-0.2, 0) is 23.7 Å². The molecule has 0 aromatic heterocycles. The van der Waals surface area contributed by atoms with Gasteiger partial charge in [-0.2, -0.15) is 0 Å². The van der Waals surface area contributed by atoms with E-state index in [1.165, 1.54) is 0 Å². The van der Waals surface area contributed by atoms with Crippen LogP contribution in [0.4, 0.5) is 0 Å². The Balaban J connectivity index is 1.46. The third-order valence-corrected chi connectivity index (χ3v) is 8.16. The summed E-state index contributed by atoms with van der Waals surface area (Å²) in [5, 5.41) is 9.23.